The number of pyridine rings is 1. The normalized spacial score (nSPS) is 12.5. The number of ether oxygens (including phenoxy) is 2. The summed E-state index contributed by atoms with van der Waals surface area (Å²) >= 11 is 0. The first-order valence-corrected chi connectivity index (χ1v) is 5.91. The molecular formula is C12H13F3N2O5. The van der Waals surface area contributed by atoms with Gasteiger partial charge in [-0.3, -0.25) is 4.79 Å². The van der Waals surface area contributed by atoms with Crippen molar-refractivity contribution in [1.29, 1.82) is 0 Å². The highest BCUT2D eigenvalue weighted by Crippen LogP contribution is 2.20. The number of hydrogen-bond acceptors (Lipinski definition) is 5. The summed E-state index contributed by atoms with van der Waals surface area (Å²) in [5, 5.41) is 11.0. The Hall–Kier alpha value is -2.36. The van der Waals surface area contributed by atoms with E-state index in [0.29, 0.717) is 0 Å². The van der Waals surface area contributed by atoms with Crippen molar-refractivity contribution in [2.45, 2.75) is 12.2 Å². The second kappa shape index (κ2) is 7.59. The van der Waals surface area contributed by atoms with E-state index in [9.17, 15) is 22.8 Å². The van der Waals surface area contributed by atoms with Crippen molar-refractivity contribution in [3.05, 3.63) is 23.9 Å². The Morgan fingerprint density at radius 3 is 2.68 bits per heavy atom. The minimum Gasteiger partial charge on any atom is -0.480 e. The standard InChI is InChI=1S/C12H13F3N2O5/c1-21-5-8(11(19)20)17-9(18)7-3-2-4-16-10(7)22-6-12(13,14)15/h2-4,8H,5-6H2,1H3,(H,17,18)(H,19,20). The number of carbonyl (C=O) groups excluding carboxylic acids is 1. The maximum Gasteiger partial charge on any atom is 0.422 e. The summed E-state index contributed by atoms with van der Waals surface area (Å²) in [6.07, 6.45) is -3.45. The zero-order chi connectivity index (χ0) is 16.8. The van der Waals surface area contributed by atoms with Gasteiger partial charge in [-0.15, -0.1) is 0 Å². The fraction of sp³-hybridized carbons (Fsp3) is 0.417. The molecule has 0 fully saturated rings. The summed E-state index contributed by atoms with van der Waals surface area (Å²) in [6, 6.07) is 1.12. The average molecular weight is 322 g/mol. The van der Waals surface area contributed by atoms with E-state index in [1.54, 1.807) is 0 Å². The number of nitrogens with one attached hydrogen (secondary N) is 1. The second-order valence-electron chi connectivity index (χ2n) is 4.08. The molecule has 122 valence electrons. The minimum atomic E-state index is -4.59. The monoisotopic (exact) mass is 322 g/mol. The van der Waals surface area contributed by atoms with Gasteiger partial charge in [0.25, 0.3) is 5.91 Å². The van der Waals surface area contributed by atoms with Crippen molar-refractivity contribution in [3.63, 3.8) is 0 Å². The van der Waals surface area contributed by atoms with Crippen LogP contribution in [0.5, 0.6) is 5.88 Å². The highest BCUT2D eigenvalue weighted by molar-refractivity contribution is 5.98. The first-order valence-electron chi connectivity index (χ1n) is 5.91. The molecule has 0 aromatic carbocycles. The number of aliphatic carboxylic acids is 1. The molecule has 0 saturated heterocycles. The largest absolute Gasteiger partial charge is 0.480 e. The van der Waals surface area contributed by atoms with Crippen molar-refractivity contribution >= 4 is 11.9 Å². The number of carboxylic acid groups (broad SMARTS) is 1. The van der Waals surface area contributed by atoms with Gasteiger partial charge in [0, 0.05) is 13.3 Å². The maximum atomic E-state index is 12.1. The fourth-order valence-electron chi connectivity index (χ4n) is 1.41. The van der Waals surface area contributed by atoms with Crippen LogP contribution in [-0.2, 0) is 9.53 Å². The number of alkyl halides is 3. The smallest absolute Gasteiger partial charge is 0.422 e. The lowest BCUT2D eigenvalue weighted by Gasteiger charge is -2.15. The molecule has 0 spiro atoms. The Balaban J connectivity index is 2.86. The molecule has 10 heteroatoms. The van der Waals surface area contributed by atoms with Crippen molar-refractivity contribution in [1.82, 2.24) is 10.3 Å². The summed E-state index contributed by atoms with van der Waals surface area (Å²) in [4.78, 5) is 26.4. The van der Waals surface area contributed by atoms with Crippen LogP contribution in [0, 0.1) is 0 Å². The minimum absolute atomic E-state index is 0.305. The van der Waals surface area contributed by atoms with Crippen LogP contribution in [0.3, 0.4) is 0 Å². The Labute approximate surface area is 123 Å². The van der Waals surface area contributed by atoms with E-state index in [1.165, 1.54) is 19.2 Å². The average Bonchev–Trinajstić information content (AvgIpc) is 2.44. The molecule has 0 bridgehead atoms. The Morgan fingerprint density at radius 2 is 2.14 bits per heavy atom. The molecule has 1 amide bonds. The molecule has 1 rings (SSSR count). The van der Waals surface area contributed by atoms with Crippen LogP contribution >= 0.6 is 0 Å². The van der Waals surface area contributed by atoms with Crippen LogP contribution < -0.4 is 10.1 Å². The SMILES string of the molecule is COCC(NC(=O)c1cccnc1OCC(F)(F)F)C(=O)O. The number of hydrogen-bond donors (Lipinski definition) is 2. The number of rotatable bonds is 7. The van der Waals surface area contributed by atoms with Gasteiger partial charge in [-0.05, 0) is 12.1 Å². The first kappa shape index (κ1) is 17.7. The Morgan fingerprint density at radius 1 is 1.45 bits per heavy atom. The first-order chi connectivity index (χ1) is 10.2. The van der Waals surface area contributed by atoms with E-state index in [2.05, 4.69) is 19.8 Å². The number of amides is 1. The molecule has 22 heavy (non-hydrogen) atoms. The number of carboxylic acids is 1. The molecule has 1 atom stereocenters. The van der Waals surface area contributed by atoms with E-state index in [-0.39, 0.29) is 12.2 Å². The number of methoxy groups -OCH3 is 1. The molecular weight excluding hydrogens is 309 g/mol. The molecule has 1 unspecified atom stereocenters. The van der Waals surface area contributed by atoms with E-state index < -0.39 is 36.6 Å². The number of nitrogens with zero attached hydrogens (tertiary/aromatic N) is 1. The lowest BCUT2D eigenvalue weighted by molar-refractivity contribution is -0.154. The summed E-state index contributed by atoms with van der Waals surface area (Å²) < 4.78 is 45.5. The van der Waals surface area contributed by atoms with E-state index in [1.807, 2.05) is 0 Å². The van der Waals surface area contributed by atoms with Crippen molar-refractivity contribution in [2.24, 2.45) is 0 Å². The van der Waals surface area contributed by atoms with Gasteiger partial charge in [0.1, 0.15) is 5.56 Å². The summed E-state index contributed by atoms with van der Waals surface area (Å²) in [5.41, 5.74) is -0.311. The molecule has 1 heterocycles. The zero-order valence-corrected chi connectivity index (χ0v) is 11.4. The lowest BCUT2D eigenvalue weighted by Crippen LogP contribution is -2.44. The van der Waals surface area contributed by atoms with Crippen LogP contribution in [0.25, 0.3) is 0 Å². The summed E-state index contributed by atoms with van der Waals surface area (Å²) in [6.45, 7) is -1.93. The topological polar surface area (TPSA) is 97.8 Å². The van der Waals surface area contributed by atoms with Gasteiger partial charge in [0.05, 0.1) is 6.61 Å². The molecule has 0 aliphatic rings. The molecule has 1 aromatic heterocycles. The number of carbonyl (C=O) groups is 2. The number of halogens is 3. The van der Waals surface area contributed by atoms with Crippen LogP contribution in [0.1, 0.15) is 10.4 Å². The third-order valence-electron chi connectivity index (χ3n) is 2.33. The van der Waals surface area contributed by atoms with Gasteiger partial charge < -0.3 is 19.9 Å². The van der Waals surface area contributed by atoms with Gasteiger partial charge >= 0.3 is 12.1 Å². The summed E-state index contributed by atoms with van der Waals surface area (Å²) in [5.74, 6) is -2.83. The Kier molecular flexibility index (Phi) is 6.11. The molecule has 0 aliphatic carbocycles. The molecule has 0 aliphatic heterocycles. The predicted molar refractivity (Wildman–Crippen MR) is 66.6 cm³/mol. The van der Waals surface area contributed by atoms with Crippen molar-refractivity contribution < 1.29 is 37.3 Å². The van der Waals surface area contributed by atoms with Gasteiger partial charge in [-0.1, -0.05) is 0 Å². The molecule has 0 saturated carbocycles. The van der Waals surface area contributed by atoms with Crippen LogP contribution in [0.2, 0.25) is 0 Å². The van der Waals surface area contributed by atoms with Crippen LogP contribution in [0.15, 0.2) is 18.3 Å². The van der Waals surface area contributed by atoms with E-state index >= 15 is 0 Å². The third-order valence-corrected chi connectivity index (χ3v) is 2.33. The molecule has 7 nitrogen and oxygen atoms in total. The molecule has 0 radical (unpaired) electrons. The molecule has 1 aromatic rings. The van der Waals surface area contributed by atoms with Crippen molar-refractivity contribution in [3.8, 4) is 5.88 Å². The predicted octanol–water partition coefficient (Wildman–Crippen LogP) is 0.852. The second-order valence-corrected chi connectivity index (χ2v) is 4.08. The van der Waals surface area contributed by atoms with Gasteiger partial charge in [0.15, 0.2) is 12.6 Å². The quantitative estimate of drug-likeness (QED) is 0.772. The Bertz CT molecular complexity index is 536. The van der Waals surface area contributed by atoms with Crippen molar-refractivity contribution in [2.75, 3.05) is 20.3 Å². The number of aromatic nitrogens is 1. The zero-order valence-electron chi connectivity index (χ0n) is 11.4. The van der Waals surface area contributed by atoms with Gasteiger partial charge in [-0.2, -0.15) is 13.2 Å². The summed E-state index contributed by atoms with van der Waals surface area (Å²) in [7, 11) is 1.24. The maximum absolute atomic E-state index is 12.1. The van der Waals surface area contributed by atoms with Gasteiger partial charge in [0.2, 0.25) is 5.88 Å². The fourth-order valence-corrected chi connectivity index (χ4v) is 1.41. The van der Waals surface area contributed by atoms with Crippen LogP contribution in [0.4, 0.5) is 13.2 Å². The van der Waals surface area contributed by atoms with E-state index in [0.717, 1.165) is 6.20 Å². The molecule has 2 N–H and O–H groups in total. The van der Waals surface area contributed by atoms with Crippen LogP contribution in [-0.4, -0.2) is 54.5 Å². The van der Waals surface area contributed by atoms with Gasteiger partial charge in [-0.25, -0.2) is 9.78 Å². The highest BCUT2D eigenvalue weighted by Gasteiger charge is 2.30. The van der Waals surface area contributed by atoms with E-state index in [4.69, 9.17) is 5.11 Å². The third kappa shape index (κ3) is 5.56. The highest BCUT2D eigenvalue weighted by atomic mass is 19.4. The lowest BCUT2D eigenvalue weighted by atomic mass is 10.2.